The molecule has 0 saturated carbocycles. The molecule has 114 valence electrons. The first-order valence-corrected chi connectivity index (χ1v) is 7.40. The Balaban J connectivity index is 1.59. The van der Waals surface area contributed by atoms with E-state index in [2.05, 4.69) is 4.98 Å². The minimum absolute atomic E-state index is 0.0369. The summed E-state index contributed by atoms with van der Waals surface area (Å²) in [6, 6.07) is 3.47. The Labute approximate surface area is 123 Å². The van der Waals surface area contributed by atoms with Gasteiger partial charge in [0.05, 0.1) is 24.9 Å². The van der Waals surface area contributed by atoms with E-state index in [1.165, 1.54) is 0 Å². The lowest BCUT2D eigenvalue weighted by Crippen LogP contribution is -2.40. The number of aromatic nitrogens is 1. The Bertz CT molecular complexity index is 477. The fourth-order valence-electron chi connectivity index (χ4n) is 2.60. The van der Waals surface area contributed by atoms with Gasteiger partial charge in [-0.15, -0.1) is 0 Å². The highest BCUT2D eigenvalue weighted by Crippen LogP contribution is 2.17. The van der Waals surface area contributed by atoms with Crippen molar-refractivity contribution in [1.29, 1.82) is 0 Å². The third-order valence-electron chi connectivity index (χ3n) is 3.91. The van der Waals surface area contributed by atoms with E-state index in [1.54, 1.807) is 23.2 Å². The fraction of sp³-hybridized carbons (Fsp3) is 0.600. The summed E-state index contributed by atoms with van der Waals surface area (Å²) >= 11 is 0. The van der Waals surface area contributed by atoms with Crippen LogP contribution in [0.2, 0.25) is 0 Å². The maximum absolute atomic E-state index is 12.3. The van der Waals surface area contributed by atoms with Gasteiger partial charge in [0.15, 0.2) is 0 Å². The number of carbonyl (C=O) groups excluding carboxylic acids is 1. The van der Waals surface area contributed by atoms with Crippen LogP contribution in [0.25, 0.3) is 0 Å². The van der Waals surface area contributed by atoms with Crippen molar-refractivity contribution in [3.05, 3.63) is 23.9 Å². The van der Waals surface area contributed by atoms with Crippen LogP contribution in [0.4, 0.5) is 0 Å². The average molecular weight is 292 g/mol. The lowest BCUT2D eigenvalue weighted by atomic mass is 10.1. The van der Waals surface area contributed by atoms with Crippen LogP contribution in [0.1, 0.15) is 29.6 Å². The first kappa shape index (κ1) is 14.3. The van der Waals surface area contributed by atoms with Crippen LogP contribution in [-0.4, -0.2) is 59.4 Å². The van der Waals surface area contributed by atoms with Gasteiger partial charge in [-0.2, -0.15) is 0 Å². The highest BCUT2D eigenvalue weighted by Gasteiger charge is 2.23. The van der Waals surface area contributed by atoms with Gasteiger partial charge in [0, 0.05) is 31.8 Å². The van der Waals surface area contributed by atoms with Crippen molar-refractivity contribution >= 4 is 5.91 Å². The van der Waals surface area contributed by atoms with Crippen molar-refractivity contribution in [2.75, 3.05) is 26.3 Å². The molecule has 0 spiro atoms. The highest BCUT2D eigenvalue weighted by atomic mass is 16.5. The maximum atomic E-state index is 12.3. The number of amides is 1. The molecule has 1 atom stereocenters. The predicted molar refractivity (Wildman–Crippen MR) is 75.2 cm³/mol. The molecule has 6 nitrogen and oxygen atoms in total. The van der Waals surface area contributed by atoms with Crippen molar-refractivity contribution in [2.24, 2.45) is 0 Å². The van der Waals surface area contributed by atoms with Crippen LogP contribution in [-0.2, 0) is 4.74 Å². The van der Waals surface area contributed by atoms with E-state index in [9.17, 15) is 9.90 Å². The topological polar surface area (TPSA) is 71.9 Å². The van der Waals surface area contributed by atoms with Gasteiger partial charge in [-0.1, -0.05) is 0 Å². The second-order valence-electron chi connectivity index (χ2n) is 5.51. The van der Waals surface area contributed by atoms with Crippen LogP contribution in [0.3, 0.4) is 0 Å². The van der Waals surface area contributed by atoms with Crippen LogP contribution >= 0.6 is 0 Å². The van der Waals surface area contributed by atoms with Gasteiger partial charge in [0.1, 0.15) is 6.10 Å². The summed E-state index contributed by atoms with van der Waals surface area (Å²) in [5, 5.41) is 9.47. The van der Waals surface area contributed by atoms with Crippen LogP contribution < -0.4 is 4.74 Å². The molecule has 6 heteroatoms. The molecular formula is C15H20N2O4. The molecule has 1 N–H and O–H groups in total. The van der Waals surface area contributed by atoms with Crippen LogP contribution in [0.5, 0.6) is 5.88 Å². The average Bonchev–Trinajstić information content (AvgIpc) is 3.01. The van der Waals surface area contributed by atoms with Crippen molar-refractivity contribution in [3.63, 3.8) is 0 Å². The van der Waals surface area contributed by atoms with Gasteiger partial charge in [-0.25, -0.2) is 4.98 Å². The number of hydrogen-bond acceptors (Lipinski definition) is 5. The Kier molecular flexibility index (Phi) is 4.36. The van der Waals surface area contributed by atoms with Gasteiger partial charge in [0.2, 0.25) is 5.88 Å². The second-order valence-corrected chi connectivity index (χ2v) is 5.51. The van der Waals surface area contributed by atoms with Gasteiger partial charge in [-0.05, 0) is 18.9 Å². The monoisotopic (exact) mass is 292 g/mol. The SMILES string of the molecule is O=C(c1ccc(O[C@H]2CCOC2)nc1)N1CCC(O)CC1. The molecule has 2 fully saturated rings. The number of nitrogens with zero attached hydrogens (tertiary/aromatic N) is 2. The third kappa shape index (κ3) is 3.51. The van der Waals surface area contributed by atoms with Crippen LogP contribution in [0, 0.1) is 0 Å². The quantitative estimate of drug-likeness (QED) is 0.894. The molecule has 0 aromatic carbocycles. The first-order valence-electron chi connectivity index (χ1n) is 7.40. The Morgan fingerprint density at radius 2 is 2.14 bits per heavy atom. The molecule has 3 rings (SSSR count). The number of aliphatic hydroxyl groups is 1. The predicted octanol–water partition coefficient (Wildman–Crippen LogP) is 0.846. The van der Waals surface area contributed by atoms with Gasteiger partial charge in [-0.3, -0.25) is 4.79 Å². The number of piperidine rings is 1. The smallest absolute Gasteiger partial charge is 0.255 e. The highest BCUT2D eigenvalue weighted by molar-refractivity contribution is 5.94. The zero-order valence-corrected chi connectivity index (χ0v) is 11.9. The first-order chi connectivity index (χ1) is 10.2. The lowest BCUT2D eigenvalue weighted by molar-refractivity contribution is 0.0546. The Morgan fingerprint density at radius 1 is 1.33 bits per heavy atom. The van der Waals surface area contributed by atoms with E-state index in [0.717, 1.165) is 13.0 Å². The summed E-state index contributed by atoms with van der Waals surface area (Å²) in [6.45, 7) is 2.51. The number of pyridine rings is 1. The number of aliphatic hydroxyl groups excluding tert-OH is 1. The standard InChI is InChI=1S/C15H20N2O4/c18-12-3-6-17(7-4-12)15(19)11-1-2-14(16-9-11)21-13-5-8-20-10-13/h1-2,9,12-13,18H,3-8,10H2/t13-/m0/s1. The van der Waals surface area contributed by atoms with E-state index in [1.807, 2.05) is 0 Å². The van der Waals surface area contributed by atoms with Crippen molar-refractivity contribution in [2.45, 2.75) is 31.5 Å². The largest absolute Gasteiger partial charge is 0.472 e. The van der Waals surface area contributed by atoms with E-state index in [-0.39, 0.29) is 18.1 Å². The summed E-state index contributed by atoms with van der Waals surface area (Å²) in [6.07, 6.45) is 3.49. The molecule has 1 aromatic rings. The molecule has 2 aliphatic rings. The molecule has 0 bridgehead atoms. The van der Waals surface area contributed by atoms with Gasteiger partial charge >= 0.3 is 0 Å². The normalized spacial score (nSPS) is 23.3. The third-order valence-corrected chi connectivity index (χ3v) is 3.91. The summed E-state index contributed by atoms with van der Waals surface area (Å²) in [5.74, 6) is 0.487. The zero-order chi connectivity index (χ0) is 14.7. The Hall–Kier alpha value is -1.66. The molecule has 0 radical (unpaired) electrons. The molecular weight excluding hydrogens is 272 g/mol. The van der Waals surface area contributed by atoms with Crippen molar-refractivity contribution in [3.8, 4) is 5.88 Å². The number of rotatable bonds is 3. The number of hydrogen-bond donors (Lipinski definition) is 1. The molecule has 1 amide bonds. The van der Waals surface area contributed by atoms with Gasteiger partial charge < -0.3 is 19.5 Å². The molecule has 0 aliphatic carbocycles. The summed E-state index contributed by atoms with van der Waals surface area (Å²) in [5.41, 5.74) is 0.557. The second kappa shape index (κ2) is 6.41. The number of likely N-dealkylation sites (tertiary alicyclic amines) is 1. The van der Waals surface area contributed by atoms with Crippen LogP contribution in [0.15, 0.2) is 18.3 Å². The maximum Gasteiger partial charge on any atom is 0.255 e. The van der Waals surface area contributed by atoms with E-state index < -0.39 is 0 Å². The number of carbonyl (C=O) groups is 1. The molecule has 2 aliphatic heterocycles. The van der Waals surface area contributed by atoms with E-state index >= 15 is 0 Å². The summed E-state index contributed by atoms with van der Waals surface area (Å²) in [4.78, 5) is 18.3. The number of ether oxygens (including phenoxy) is 2. The Morgan fingerprint density at radius 3 is 2.76 bits per heavy atom. The van der Waals surface area contributed by atoms with E-state index in [4.69, 9.17) is 9.47 Å². The molecule has 3 heterocycles. The summed E-state index contributed by atoms with van der Waals surface area (Å²) < 4.78 is 10.9. The van der Waals surface area contributed by atoms with Crippen molar-refractivity contribution in [1.82, 2.24) is 9.88 Å². The molecule has 0 unspecified atom stereocenters. The minimum Gasteiger partial charge on any atom is -0.472 e. The lowest BCUT2D eigenvalue weighted by Gasteiger charge is -2.29. The van der Waals surface area contributed by atoms with Gasteiger partial charge in [0.25, 0.3) is 5.91 Å². The molecule has 1 aromatic heterocycles. The molecule has 2 saturated heterocycles. The van der Waals surface area contributed by atoms with Crippen molar-refractivity contribution < 1.29 is 19.4 Å². The summed E-state index contributed by atoms with van der Waals surface area (Å²) in [7, 11) is 0. The fourth-order valence-corrected chi connectivity index (χ4v) is 2.60. The zero-order valence-electron chi connectivity index (χ0n) is 11.9. The van der Waals surface area contributed by atoms with E-state index in [0.29, 0.717) is 44.0 Å². The minimum atomic E-state index is -0.281. The molecule has 21 heavy (non-hydrogen) atoms.